The van der Waals surface area contributed by atoms with Crippen LogP contribution in [0.4, 0.5) is 11.8 Å². The molecular weight excluding hydrogens is 492 g/mol. The number of anilines is 2. The standard InChI is InChI=1S/C22H19ClN8O.2H2S/c1-12-11-29(19-15(10-24)13(2)26-22(25)27-19)17(12)20-28-30-9-8-16(23)18(30)21(32)31(20)14-6-4-3-5-7-14;;/h3-9,12,17H,11H2,1-2H3,(H2,25,26,27);2*1H2/t12-,17?;;/m0../s1. The Balaban J connectivity index is 0.00000162. The molecule has 2 atom stereocenters. The van der Waals surface area contributed by atoms with Crippen LogP contribution < -0.4 is 16.2 Å². The first kappa shape index (κ1) is 25.4. The second-order valence-electron chi connectivity index (χ2n) is 7.84. The molecule has 1 aliphatic rings. The fourth-order valence-corrected chi connectivity index (χ4v) is 4.51. The Morgan fingerprint density at radius 1 is 1.18 bits per heavy atom. The Labute approximate surface area is 214 Å². The molecule has 1 saturated heterocycles. The normalized spacial score (nSPS) is 16.8. The van der Waals surface area contributed by atoms with Crippen LogP contribution in [0, 0.1) is 24.2 Å². The van der Waals surface area contributed by atoms with Gasteiger partial charge in [0.05, 0.1) is 22.4 Å². The Morgan fingerprint density at radius 3 is 2.53 bits per heavy atom. The van der Waals surface area contributed by atoms with Crippen molar-refractivity contribution in [2.45, 2.75) is 19.9 Å². The topological polar surface area (TPSA) is 118 Å². The highest BCUT2D eigenvalue weighted by Crippen LogP contribution is 2.42. The molecule has 0 bridgehead atoms. The van der Waals surface area contributed by atoms with E-state index < -0.39 is 0 Å². The van der Waals surface area contributed by atoms with Gasteiger partial charge in [0, 0.05) is 18.7 Å². The van der Waals surface area contributed by atoms with Crippen molar-refractivity contribution in [2.75, 3.05) is 17.2 Å². The van der Waals surface area contributed by atoms with Gasteiger partial charge in [0.25, 0.3) is 5.56 Å². The average Bonchev–Trinajstić information content (AvgIpc) is 3.13. The van der Waals surface area contributed by atoms with Crippen LogP contribution >= 0.6 is 38.6 Å². The maximum Gasteiger partial charge on any atom is 0.284 e. The monoisotopic (exact) mass is 514 g/mol. The summed E-state index contributed by atoms with van der Waals surface area (Å²) >= 11 is 6.29. The zero-order valence-corrected chi connectivity index (χ0v) is 21.2. The summed E-state index contributed by atoms with van der Waals surface area (Å²) in [5, 5.41) is 14.8. The van der Waals surface area contributed by atoms with Crippen molar-refractivity contribution in [1.82, 2.24) is 24.1 Å². The summed E-state index contributed by atoms with van der Waals surface area (Å²) in [7, 11) is 0. The van der Waals surface area contributed by atoms with E-state index in [2.05, 4.69) is 23.0 Å². The Hall–Kier alpha value is -3.20. The predicted molar refractivity (Wildman–Crippen MR) is 142 cm³/mol. The van der Waals surface area contributed by atoms with Crippen LogP contribution in [-0.4, -0.2) is 30.7 Å². The van der Waals surface area contributed by atoms with Gasteiger partial charge in [0.1, 0.15) is 17.1 Å². The SMILES string of the molecule is Cc1nc(N)nc(N2C[C@H](C)C2c2nn3ccc(Cl)c3c(=O)n2-c2ccccc2)c1C#N.S.S. The van der Waals surface area contributed by atoms with E-state index in [1.165, 1.54) is 4.52 Å². The average molecular weight is 515 g/mol. The van der Waals surface area contributed by atoms with Crippen molar-refractivity contribution in [3.05, 3.63) is 75.1 Å². The molecule has 34 heavy (non-hydrogen) atoms. The van der Waals surface area contributed by atoms with Crippen molar-refractivity contribution < 1.29 is 0 Å². The molecule has 1 fully saturated rings. The molecule has 1 unspecified atom stereocenters. The highest BCUT2D eigenvalue weighted by atomic mass is 35.5. The number of nitriles is 1. The zero-order valence-electron chi connectivity index (χ0n) is 18.4. The summed E-state index contributed by atoms with van der Waals surface area (Å²) in [5.41, 5.74) is 7.47. The second kappa shape index (κ2) is 9.58. The van der Waals surface area contributed by atoms with Crippen LogP contribution in [0.5, 0.6) is 0 Å². The van der Waals surface area contributed by atoms with Crippen LogP contribution in [-0.2, 0) is 0 Å². The maximum absolute atomic E-state index is 13.6. The van der Waals surface area contributed by atoms with Gasteiger partial charge in [-0.3, -0.25) is 9.36 Å². The summed E-state index contributed by atoms with van der Waals surface area (Å²) in [5.74, 6) is 1.21. The van der Waals surface area contributed by atoms with Gasteiger partial charge in [-0.15, -0.1) is 0 Å². The first-order chi connectivity index (χ1) is 15.4. The lowest BCUT2D eigenvalue weighted by molar-refractivity contribution is 0.300. The molecule has 1 aromatic carbocycles. The molecule has 0 aliphatic carbocycles. The summed E-state index contributed by atoms with van der Waals surface area (Å²) in [4.78, 5) is 24.0. The maximum atomic E-state index is 13.6. The molecule has 0 radical (unpaired) electrons. The largest absolute Gasteiger partial charge is 0.368 e. The van der Waals surface area contributed by atoms with Crippen molar-refractivity contribution >= 4 is 55.9 Å². The van der Waals surface area contributed by atoms with E-state index in [4.69, 9.17) is 22.4 Å². The second-order valence-corrected chi connectivity index (χ2v) is 8.25. The summed E-state index contributed by atoms with van der Waals surface area (Å²) in [6.07, 6.45) is 1.67. The van der Waals surface area contributed by atoms with Crippen LogP contribution in [0.2, 0.25) is 5.02 Å². The number of halogens is 1. The van der Waals surface area contributed by atoms with Gasteiger partial charge < -0.3 is 10.6 Å². The van der Waals surface area contributed by atoms with E-state index >= 15 is 0 Å². The van der Waals surface area contributed by atoms with Crippen LogP contribution in [0.25, 0.3) is 11.2 Å². The highest BCUT2D eigenvalue weighted by molar-refractivity contribution is 7.59. The van der Waals surface area contributed by atoms with Crippen molar-refractivity contribution in [2.24, 2.45) is 5.92 Å². The van der Waals surface area contributed by atoms with E-state index in [9.17, 15) is 10.1 Å². The first-order valence-corrected chi connectivity index (χ1v) is 10.4. The van der Waals surface area contributed by atoms with E-state index in [-0.39, 0.29) is 50.5 Å². The van der Waals surface area contributed by atoms with Gasteiger partial charge in [0.2, 0.25) is 5.95 Å². The smallest absolute Gasteiger partial charge is 0.284 e. The van der Waals surface area contributed by atoms with Crippen molar-refractivity contribution in [3.63, 3.8) is 0 Å². The lowest BCUT2D eigenvalue weighted by Crippen LogP contribution is -2.52. The molecule has 0 spiro atoms. The van der Waals surface area contributed by atoms with Crippen molar-refractivity contribution in [1.29, 1.82) is 5.26 Å². The number of nitrogens with two attached hydrogens (primary N) is 1. The third-order valence-corrected chi connectivity index (χ3v) is 6.08. The van der Waals surface area contributed by atoms with Gasteiger partial charge in [-0.1, -0.05) is 36.7 Å². The highest BCUT2D eigenvalue weighted by Gasteiger charge is 2.43. The molecule has 1 aliphatic heterocycles. The predicted octanol–water partition coefficient (Wildman–Crippen LogP) is 3.11. The number of benzene rings is 1. The number of hydrogen-bond donors (Lipinski definition) is 1. The quantitative estimate of drug-likeness (QED) is 0.446. The van der Waals surface area contributed by atoms with Gasteiger partial charge >= 0.3 is 0 Å². The fraction of sp³-hybridized carbons (Fsp3) is 0.227. The minimum absolute atomic E-state index is 0. The molecule has 9 nitrogen and oxygen atoms in total. The molecule has 2 N–H and O–H groups in total. The third kappa shape index (κ3) is 3.87. The van der Waals surface area contributed by atoms with E-state index in [0.29, 0.717) is 45.7 Å². The molecule has 3 aromatic heterocycles. The molecule has 4 heterocycles. The first-order valence-electron chi connectivity index (χ1n) is 10.1. The molecular formula is C22H23ClN8OS2. The number of rotatable bonds is 3. The fourth-order valence-electron chi connectivity index (χ4n) is 4.29. The van der Waals surface area contributed by atoms with E-state index in [1.54, 1.807) is 23.8 Å². The Morgan fingerprint density at radius 2 is 1.88 bits per heavy atom. The molecule has 4 aromatic rings. The summed E-state index contributed by atoms with van der Waals surface area (Å²) < 4.78 is 3.09. The van der Waals surface area contributed by atoms with Gasteiger partial charge in [-0.25, -0.2) is 9.50 Å². The number of hydrogen-bond acceptors (Lipinski definition) is 7. The lowest BCUT2D eigenvalue weighted by atomic mass is 9.88. The van der Waals surface area contributed by atoms with Crippen LogP contribution in [0.3, 0.4) is 0 Å². The van der Waals surface area contributed by atoms with E-state index in [1.807, 2.05) is 35.2 Å². The Bertz CT molecular complexity index is 1460. The molecule has 5 rings (SSSR count). The number of aryl methyl sites for hydroxylation is 1. The van der Waals surface area contributed by atoms with Crippen molar-refractivity contribution in [3.8, 4) is 11.8 Å². The Kier molecular flexibility index (Phi) is 7.16. The molecule has 0 saturated carbocycles. The number of para-hydroxylation sites is 1. The number of nitrogens with zero attached hydrogens (tertiary/aromatic N) is 7. The zero-order chi connectivity index (χ0) is 22.6. The van der Waals surface area contributed by atoms with Crippen LogP contribution in [0.15, 0.2) is 47.4 Å². The van der Waals surface area contributed by atoms with Gasteiger partial charge in [-0.2, -0.15) is 42.3 Å². The van der Waals surface area contributed by atoms with E-state index in [0.717, 1.165) is 0 Å². The number of aromatic nitrogens is 5. The molecule has 12 heteroatoms. The number of fused-ring (bicyclic) bond motifs is 1. The lowest BCUT2D eigenvalue weighted by Gasteiger charge is -2.47. The number of nitrogen functional groups attached to an aromatic ring is 1. The molecule has 0 amide bonds. The van der Waals surface area contributed by atoms with Crippen LogP contribution in [0.1, 0.15) is 30.0 Å². The minimum atomic E-state index is -0.311. The third-order valence-electron chi connectivity index (χ3n) is 5.77. The van der Waals surface area contributed by atoms with Gasteiger partial charge in [-0.05, 0) is 25.1 Å². The van der Waals surface area contributed by atoms with Gasteiger partial charge in [0.15, 0.2) is 11.6 Å². The molecule has 176 valence electrons. The minimum Gasteiger partial charge on any atom is -0.368 e. The summed E-state index contributed by atoms with van der Waals surface area (Å²) in [6.45, 7) is 4.42. The summed E-state index contributed by atoms with van der Waals surface area (Å²) in [6, 6.07) is 12.8.